The first-order valence-corrected chi connectivity index (χ1v) is 5.87. The predicted octanol–water partition coefficient (Wildman–Crippen LogP) is 3.49. The molecule has 2 aromatic carbocycles. The molecule has 0 aliphatic carbocycles. The number of nitriles is 1. The van der Waals surface area contributed by atoms with Gasteiger partial charge in [0.15, 0.2) is 11.6 Å². The van der Waals surface area contributed by atoms with Gasteiger partial charge in [-0.1, -0.05) is 30.3 Å². The van der Waals surface area contributed by atoms with E-state index in [1.165, 1.54) is 0 Å². The third kappa shape index (κ3) is 3.29. The zero-order chi connectivity index (χ0) is 13.7. The fourth-order valence-corrected chi connectivity index (χ4v) is 1.78. The van der Waals surface area contributed by atoms with Crippen molar-refractivity contribution in [1.82, 2.24) is 0 Å². The average molecular weight is 258 g/mol. The summed E-state index contributed by atoms with van der Waals surface area (Å²) in [5.74, 6) is -1.49. The fourth-order valence-electron chi connectivity index (χ4n) is 1.78. The van der Waals surface area contributed by atoms with E-state index in [2.05, 4.69) is 5.32 Å². The number of hydrogen-bond acceptors (Lipinski definition) is 2. The number of nitrogens with zero attached hydrogens (tertiary/aromatic N) is 1. The second kappa shape index (κ2) is 5.96. The third-order valence-electron chi connectivity index (χ3n) is 2.73. The van der Waals surface area contributed by atoms with Crippen LogP contribution in [0.5, 0.6) is 0 Å². The van der Waals surface area contributed by atoms with Crippen LogP contribution in [0.3, 0.4) is 0 Å². The third-order valence-corrected chi connectivity index (χ3v) is 2.73. The molecule has 0 saturated heterocycles. The van der Waals surface area contributed by atoms with E-state index < -0.39 is 11.6 Å². The van der Waals surface area contributed by atoms with Crippen molar-refractivity contribution in [1.29, 1.82) is 5.26 Å². The molecule has 19 heavy (non-hydrogen) atoms. The van der Waals surface area contributed by atoms with E-state index in [4.69, 9.17) is 5.26 Å². The molecule has 96 valence electrons. The smallest absolute Gasteiger partial charge is 0.150 e. The van der Waals surface area contributed by atoms with Gasteiger partial charge in [-0.3, -0.25) is 0 Å². The van der Waals surface area contributed by atoms with Crippen molar-refractivity contribution in [2.24, 2.45) is 0 Å². The molecule has 0 fully saturated rings. The molecule has 0 unspecified atom stereocenters. The molecule has 0 bridgehead atoms. The standard InChI is InChI=1S/C15H12F2N2/c16-13-8-12(10-18)9-14(17)15(13)19-7-6-11-4-2-1-3-5-11/h1-5,8-9,19H,6-7H2. The van der Waals surface area contributed by atoms with Gasteiger partial charge in [-0.2, -0.15) is 5.26 Å². The summed E-state index contributed by atoms with van der Waals surface area (Å²) in [7, 11) is 0. The molecule has 2 nitrogen and oxygen atoms in total. The molecule has 1 N–H and O–H groups in total. The van der Waals surface area contributed by atoms with Crippen molar-refractivity contribution < 1.29 is 8.78 Å². The Morgan fingerprint density at radius 2 is 1.68 bits per heavy atom. The monoisotopic (exact) mass is 258 g/mol. The van der Waals surface area contributed by atoms with E-state index in [9.17, 15) is 8.78 Å². The van der Waals surface area contributed by atoms with E-state index >= 15 is 0 Å². The number of halogens is 2. The molecule has 4 heteroatoms. The van der Waals surface area contributed by atoms with Crippen LogP contribution in [-0.4, -0.2) is 6.54 Å². The number of rotatable bonds is 4. The highest BCUT2D eigenvalue weighted by Gasteiger charge is 2.10. The highest BCUT2D eigenvalue weighted by molar-refractivity contribution is 5.50. The highest BCUT2D eigenvalue weighted by Crippen LogP contribution is 2.20. The molecule has 0 spiro atoms. The van der Waals surface area contributed by atoms with Gasteiger partial charge in [0, 0.05) is 6.54 Å². The number of benzene rings is 2. The summed E-state index contributed by atoms with van der Waals surface area (Å²) in [4.78, 5) is 0. The van der Waals surface area contributed by atoms with Gasteiger partial charge in [-0.25, -0.2) is 8.78 Å². The summed E-state index contributed by atoms with van der Waals surface area (Å²) in [6.45, 7) is 0.420. The van der Waals surface area contributed by atoms with E-state index in [1.807, 2.05) is 30.3 Å². The van der Waals surface area contributed by atoms with Gasteiger partial charge in [-0.15, -0.1) is 0 Å². The number of anilines is 1. The minimum Gasteiger partial charge on any atom is -0.380 e. The molecule has 0 aromatic heterocycles. The molecule has 0 heterocycles. The lowest BCUT2D eigenvalue weighted by Crippen LogP contribution is -2.08. The van der Waals surface area contributed by atoms with Gasteiger partial charge in [0.05, 0.1) is 11.6 Å². The lowest BCUT2D eigenvalue weighted by Gasteiger charge is -2.09. The Hall–Kier alpha value is -2.41. The largest absolute Gasteiger partial charge is 0.380 e. The normalized spacial score (nSPS) is 9.95. The van der Waals surface area contributed by atoms with Crippen LogP contribution in [0.15, 0.2) is 42.5 Å². The van der Waals surface area contributed by atoms with Gasteiger partial charge >= 0.3 is 0 Å². The second-order valence-corrected chi connectivity index (χ2v) is 4.09. The Morgan fingerprint density at radius 1 is 1.05 bits per heavy atom. The summed E-state index contributed by atoms with van der Waals surface area (Å²) in [6.07, 6.45) is 0.666. The van der Waals surface area contributed by atoms with Gasteiger partial charge in [0.25, 0.3) is 0 Å². The van der Waals surface area contributed by atoms with E-state index in [0.29, 0.717) is 13.0 Å². The molecule has 0 atom stereocenters. The SMILES string of the molecule is N#Cc1cc(F)c(NCCc2ccccc2)c(F)c1. The summed E-state index contributed by atoms with van der Waals surface area (Å²) < 4.78 is 27.1. The minimum atomic E-state index is -0.746. The Balaban J connectivity index is 2.02. The molecular formula is C15H12F2N2. The minimum absolute atomic E-state index is 0.0244. The van der Waals surface area contributed by atoms with Crippen LogP contribution in [-0.2, 0) is 6.42 Å². The number of hydrogen-bond donors (Lipinski definition) is 1. The Kier molecular flexibility index (Phi) is 4.09. The van der Waals surface area contributed by atoms with E-state index in [-0.39, 0.29) is 11.3 Å². The lowest BCUT2D eigenvalue weighted by molar-refractivity contribution is 0.587. The van der Waals surface area contributed by atoms with Gasteiger partial charge in [0.2, 0.25) is 0 Å². The Labute approximate surface area is 110 Å². The van der Waals surface area contributed by atoms with E-state index in [1.54, 1.807) is 6.07 Å². The Morgan fingerprint density at radius 3 is 2.26 bits per heavy atom. The lowest BCUT2D eigenvalue weighted by atomic mass is 10.1. The predicted molar refractivity (Wildman–Crippen MR) is 69.7 cm³/mol. The van der Waals surface area contributed by atoms with E-state index in [0.717, 1.165) is 17.7 Å². The fraction of sp³-hybridized carbons (Fsp3) is 0.133. The average Bonchev–Trinajstić information content (AvgIpc) is 2.42. The van der Waals surface area contributed by atoms with Crippen LogP contribution in [0.1, 0.15) is 11.1 Å². The first-order chi connectivity index (χ1) is 9.20. The number of nitrogens with one attached hydrogen (secondary N) is 1. The molecule has 0 aliphatic rings. The summed E-state index contributed by atoms with van der Waals surface area (Å²) in [5.41, 5.74) is 0.878. The van der Waals surface area contributed by atoms with Crippen molar-refractivity contribution in [2.75, 3.05) is 11.9 Å². The molecule has 0 saturated carbocycles. The summed E-state index contributed by atoms with van der Waals surface area (Å²) in [5, 5.41) is 11.3. The second-order valence-electron chi connectivity index (χ2n) is 4.09. The van der Waals surface area contributed by atoms with Crippen LogP contribution in [0, 0.1) is 23.0 Å². The van der Waals surface area contributed by atoms with Gasteiger partial charge < -0.3 is 5.32 Å². The summed E-state index contributed by atoms with van der Waals surface area (Å²) in [6, 6.07) is 13.4. The zero-order valence-corrected chi connectivity index (χ0v) is 10.2. The molecule has 2 aromatic rings. The van der Waals surface area contributed by atoms with Crippen molar-refractivity contribution >= 4 is 5.69 Å². The molecule has 0 aliphatic heterocycles. The highest BCUT2D eigenvalue weighted by atomic mass is 19.1. The zero-order valence-electron chi connectivity index (χ0n) is 10.2. The van der Waals surface area contributed by atoms with Gasteiger partial charge in [0.1, 0.15) is 5.69 Å². The van der Waals surface area contributed by atoms with Crippen molar-refractivity contribution in [3.05, 3.63) is 65.2 Å². The molecular weight excluding hydrogens is 246 g/mol. The maximum absolute atomic E-state index is 13.6. The molecule has 2 rings (SSSR count). The van der Waals surface area contributed by atoms with Gasteiger partial charge in [-0.05, 0) is 24.1 Å². The van der Waals surface area contributed by atoms with Crippen LogP contribution in [0.4, 0.5) is 14.5 Å². The van der Waals surface area contributed by atoms with Crippen LogP contribution in [0.25, 0.3) is 0 Å². The first kappa shape index (κ1) is 13.0. The topological polar surface area (TPSA) is 35.8 Å². The molecule has 0 radical (unpaired) electrons. The maximum Gasteiger partial charge on any atom is 0.150 e. The molecule has 0 amide bonds. The van der Waals surface area contributed by atoms with Crippen LogP contribution >= 0.6 is 0 Å². The van der Waals surface area contributed by atoms with Crippen molar-refractivity contribution in [3.63, 3.8) is 0 Å². The van der Waals surface area contributed by atoms with Crippen LogP contribution < -0.4 is 5.32 Å². The van der Waals surface area contributed by atoms with Crippen LogP contribution in [0.2, 0.25) is 0 Å². The Bertz CT molecular complexity index is 580. The van der Waals surface area contributed by atoms with Crippen molar-refractivity contribution in [3.8, 4) is 6.07 Å². The maximum atomic E-state index is 13.6. The van der Waals surface area contributed by atoms with Crippen molar-refractivity contribution in [2.45, 2.75) is 6.42 Å². The summed E-state index contributed by atoms with van der Waals surface area (Å²) >= 11 is 0. The first-order valence-electron chi connectivity index (χ1n) is 5.87. The quantitative estimate of drug-likeness (QED) is 0.911.